The lowest BCUT2D eigenvalue weighted by atomic mass is 10.1. The van der Waals surface area contributed by atoms with Crippen LogP contribution >= 0.6 is 0 Å². The third kappa shape index (κ3) is 4.29. The second-order valence-corrected chi connectivity index (χ2v) is 5.46. The van der Waals surface area contributed by atoms with Crippen LogP contribution in [0.5, 0.6) is 0 Å². The molecule has 0 amide bonds. The maximum Gasteiger partial charge on any atom is 0.305 e. The molecule has 88 valence electrons. The van der Waals surface area contributed by atoms with Crippen molar-refractivity contribution in [2.45, 2.75) is 37.2 Å². The SMILES string of the molecule is O=C(O)CC1CCCC([SiH3])(OCCO)O1. The molecule has 1 fully saturated rings. The minimum absolute atomic E-state index is 0.0308. The van der Waals surface area contributed by atoms with E-state index in [0.29, 0.717) is 10.2 Å². The van der Waals surface area contributed by atoms with E-state index in [-0.39, 0.29) is 25.7 Å². The Hall–Kier alpha value is -0.433. The van der Waals surface area contributed by atoms with Gasteiger partial charge in [0.05, 0.1) is 36.0 Å². The van der Waals surface area contributed by atoms with Gasteiger partial charge in [-0.05, 0) is 19.3 Å². The molecule has 1 heterocycles. The van der Waals surface area contributed by atoms with Gasteiger partial charge < -0.3 is 19.7 Å². The van der Waals surface area contributed by atoms with E-state index in [0.717, 1.165) is 19.3 Å². The Morgan fingerprint density at radius 1 is 1.67 bits per heavy atom. The monoisotopic (exact) mass is 234 g/mol. The zero-order chi connectivity index (χ0) is 11.3. The second-order valence-electron chi connectivity index (χ2n) is 3.94. The Labute approximate surface area is 91.8 Å². The molecular formula is C9H18O5Si. The summed E-state index contributed by atoms with van der Waals surface area (Å²) in [4.78, 5) is 10.5. The number of rotatable bonds is 5. The van der Waals surface area contributed by atoms with Crippen LogP contribution in [-0.4, -0.2) is 51.2 Å². The molecule has 0 aromatic rings. The van der Waals surface area contributed by atoms with Crippen molar-refractivity contribution in [3.63, 3.8) is 0 Å². The molecular weight excluding hydrogens is 216 g/mol. The maximum absolute atomic E-state index is 10.5. The standard InChI is InChI=1S/C9H18O5Si/c10-4-5-13-9(15)3-1-2-7(14-9)6-8(11)12/h7,10H,1-6H2,15H3,(H,11,12). The highest BCUT2D eigenvalue weighted by Crippen LogP contribution is 2.28. The third-order valence-corrected chi connectivity index (χ3v) is 3.50. The maximum atomic E-state index is 10.5. The van der Waals surface area contributed by atoms with Crippen molar-refractivity contribution in [3.05, 3.63) is 0 Å². The van der Waals surface area contributed by atoms with Crippen LogP contribution in [0.15, 0.2) is 0 Å². The summed E-state index contributed by atoms with van der Waals surface area (Å²) in [5.41, 5.74) is -0.596. The Morgan fingerprint density at radius 3 is 3.00 bits per heavy atom. The van der Waals surface area contributed by atoms with Crippen molar-refractivity contribution < 1.29 is 24.5 Å². The van der Waals surface area contributed by atoms with Crippen molar-refractivity contribution in [2.24, 2.45) is 0 Å². The van der Waals surface area contributed by atoms with Gasteiger partial charge in [-0.25, -0.2) is 0 Å². The molecule has 0 radical (unpaired) electrons. The van der Waals surface area contributed by atoms with Gasteiger partial charge in [-0.2, -0.15) is 0 Å². The molecule has 15 heavy (non-hydrogen) atoms. The van der Waals surface area contributed by atoms with Crippen LogP contribution in [0.1, 0.15) is 25.7 Å². The molecule has 0 saturated carbocycles. The van der Waals surface area contributed by atoms with Gasteiger partial charge in [-0.3, -0.25) is 4.79 Å². The second kappa shape index (κ2) is 5.60. The summed E-state index contributed by atoms with van der Waals surface area (Å²) in [5.74, 6) is -0.840. The minimum atomic E-state index is -0.840. The van der Waals surface area contributed by atoms with Crippen LogP contribution in [0.4, 0.5) is 0 Å². The number of aliphatic hydroxyl groups is 1. The normalized spacial score (nSPS) is 31.7. The van der Waals surface area contributed by atoms with Gasteiger partial charge in [0.1, 0.15) is 5.41 Å². The van der Waals surface area contributed by atoms with E-state index in [9.17, 15) is 4.79 Å². The van der Waals surface area contributed by atoms with Crippen LogP contribution in [0, 0.1) is 0 Å². The van der Waals surface area contributed by atoms with E-state index < -0.39 is 11.4 Å². The van der Waals surface area contributed by atoms with E-state index in [1.54, 1.807) is 0 Å². The molecule has 0 aromatic carbocycles. The summed E-state index contributed by atoms with van der Waals surface area (Å²) < 4.78 is 11.1. The molecule has 0 aliphatic carbocycles. The lowest BCUT2D eigenvalue weighted by molar-refractivity contribution is -0.231. The summed E-state index contributed by atoms with van der Waals surface area (Å²) in [6.45, 7) is 0.222. The highest BCUT2D eigenvalue weighted by Gasteiger charge is 2.34. The number of hydrogen-bond donors (Lipinski definition) is 2. The number of aliphatic carboxylic acids is 1. The number of aliphatic hydroxyl groups excluding tert-OH is 1. The molecule has 0 spiro atoms. The first-order valence-electron chi connectivity index (χ1n) is 5.20. The topological polar surface area (TPSA) is 76.0 Å². The highest BCUT2D eigenvalue weighted by atomic mass is 28.1. The first kappa shape index (κ1) is 12.6. The van der Waals surface area contributed by atoms with Gasteiger partial charge in [-0.15, -0.1) is 0 Å². The number of hydrogen-bond acceptors (Lipinski definition) is 4. The summed E-state index contributed by atoms with van der Waals surface area (Å²) in [6, 6.07) is 0. The van der Waals surface area contributed by atoms with Gasteiger partial charge in [0.2, 0.25) is 0 Å². The number of carboxylic acid groups (broad SMARTS) is 1. The average molecular weight is 234 g/mol. The number of ether oxygens (including phenoxy) is 2. The molecule has 1 aliphatic rings. The fourth-order valence-corrected chi connectivity index (χ4v) is 2.72. The van der Waals surface area contributed by atoms with Gasteiger partial charge in [0.25, 0.3) is 0 Å². The Balaban J connectivity index is 2.42. The van der Waals surface area contributed by atoms with Crippen LogP contribution < -0.4 is 0 Å². The zero-order valence-corrected chi connectivity index (χ0v) is 10.9. The Morgan fingerprint density at radius 2 is 2.40 bits per heavy atom. The lowest BCUT2D eigenvalue weighted by Crippen LogP contribution is -2.44. The highest BCUT2D eigenvalue weighted by molar-refractivity contribution is 6.13. The molecule has 5 nitrogen and oxygen atoms in total. The van der Waals surface area contributed by atoms with E-state index in [4.69, 9.17) is 19.7 Å². The van der Waals surface area contributed by atoms with Crippen LogP contribution in [-0.2, 0) is 14.3 Å². The number of carboxylic acids is 1. The van der Waals surface area contributed by atoms with E-state index in [1.165, 1.54) is 0 Å². The Kier molecular flexibility index (Phi) is 4.71. The van der Waals surface area contributed by atoms with Crippen molar-refractivity contribution in [3.8, 4) is 0 Å². The first-order valence-corrected chi connectivity index (χ1v) is 6.20. The van der Waals surface area contributed by atoms with Gasteiger partial charge >= 0.3 is 5.97 Å². The van der Waals surface area contributed by atoms with E-state index in [1.807, 2.05) is 0 Å². The van der Waals surface area contributed by atoms with Gasteiger partial charge in [0, 0.05) is 0 Å². The van der Waals surface area contributed by atoms with Crippen molar-refractivity contribution >= 4 is 16.2 Å². The predicted molar refractivity (Wildman–Crippen MR) is 56.7 cm³/mol. The van der Waals surface area contributed by atoms with Crippen LogP contribution in [0.2, 0.25) is 0 Å². The summed E-state index contributed by atoms with van der Waals surface area (Å²) in [7, 11) is 0.684. The first-order chi connectivity index (χ1) is 7.06. The Bertz CT molecular complexity index is 223. The fraction of sp³-hybridized carbons (Fsp3) is 0.889. The van der Waals surface area contributed by atoms with E-state index >= 15 is 0 Å². The largest absolute Gasteiger partial charge is 0.481 e. The third-order valence-electron chi connectivity index (χ3n) is 2.47. The molecule has 1 aliphatic heterocycles. The summed E-state index contributed by atoms with van der Waals surface area (Å²) in [6.07, 6.45) is 2.29. The van der Waals surface area contributed by atoms with Crippen LogP contribution in [0.25, 0.3) is 0 Å². The van der Waals surface area contributed by atoms with Crippen molar-refractivity contribution in [2.75, 3.05) is 13.2 Å². The van der Waals surface area contributed by atoms with Crippen molar-refractivity contribution in [1.82, 2.24) is 0 Å². The molecule has 6 heteroatoms. The molecule has 2 N–H and O–H groups in total. The summed E-state index contributed by atoms with van der Waals surface area (Å²) in [5, 5.41) is 17.3. The molecule has 0 bridgehead atoms. The number of carbonyl (C=O) groups is 1. The average Bonchev–Trinajstić information content (AvgIpc) is 2.14. The zero-order valence-electron chi connectivity index (χ0n) is 8.94. The van der Waals surface area contributed by atoms with E-state index in [2.05, 4.69) is 0 Å². The van der Waals surface area contributed by atoms with Crippen molar-refractivity contribution in [1.29, 1.82) is 0 Å². The smallest absolute Gasteiger partial charge is 0.305 e. The van der Waals surface area contributed by atoms with Gasteiger partial charge in [-0.1, -0.05) is 0 Å². The molecule has 2 unspecified atom stereocenters. The molecule has 2 atom stereocenters. The molecule has 0 aromatic heterocycles. The van der Waals surface area contributed by atoms with Crippen LogP contribution in [0.3, 0.4) is 0 Å². The quantitative estimate of drug-likeness (QED) is 0.600. The van der Waals surface area contributed by atoms with Gasteiger partial charge in [0.15, 0.2) is 0 Å². The molecule has 1 saturated heterocycles. The minimum Gasteiger partial charge on any atom is -0.481 e. The lowest BCUT2D eigenvalue weighted by Gasteiger charge is -2.38. The molecule has 1 rings (SSSR count). The summed E-state index contributed by atoms with van der Waals surface area (Å²) >= 11 is 0. The predicted octanol–water partition coefficient (Wildman–Crippen LogP) is -0.942. The fourth-order valence-electron chi connectivity index (χ4n) is 1.83.